The lowest BCUT2D eigenvalue weighted by atomic mass is 10.0. The molecule has 0 spiro atoms. The first-order valence-electron chi connectivity index (χ1n) is 6.46. The van der Waals surface area contributed by atoms with Gasteiger partial charge in [0.1, 0.15) is 11.9 Å². The summed E-state index contributed by atoms with van der Waals surface area (Å²) in [5.41, 5.74) is 0.499. The summed E-state index contributed by atoms with van der Waals surface area (Å²) in [6, 6.07) is 13.5. The summed E-state index contributed by atoms with van der Waals surface area (Å²) in [7, 11) is 0. The average molecular weight is 278 g/mol. The van der Waals surface area contributed by atoms with Crippen LogP contribution in [0.4, 0.5) is 13.2 Å². The number of hydrogen-bond acceptors (Lipinski definition) is 1. The number of halogens is 3. The standard InChI is InChI=1S/C16H13F3O/c17-16(18,19)14-8-4-7-13-12(14)9-10-15(13)20-11-5-2-1-3-6-11/h1-8,15H,9-10H2. The first kappa shape index (κ1) is 13.0. The number of ether oxygens (including phenoxy) is 1. The normalized spacial score (nSPS) is 17.9. The van der Waals surface area contributed by atoms with Crippen LogP contribution in [0.3, 0.4) is 0 Å². The number of rotatable bonds is 2. The highest BCUT2D eigenvalue weighted by Crippen LogP contribution is 2.41. The van der Waals surface area contributed by atoms with Gasteiger partial charge in [-0.05, 0) is 42.2 Å². The van der Waals surface area contributed by atoms with Crippen molar-refractivity contribution in [2.45, 2.75) is 25.1 Å². The molecule has 2 aromatic rings. The summed E-state index contributed by atoms with van der Waals surface area (Å²) >= 11 is 0. The minimum atomic E-state index is -4.30. The smallest absolute Gasteiger partial charge is 0.416 e. The Morgan fingerprint density at radius 2 is 1.70 bits per heavy atom. The fourth-order valence-electron chi connectivity index (χ4n) is 2.67. The van der Waals surface area contributed by atoms with Crippen LogP contribution in [0.1, 0.15) is 29.2 Å². The zero-order valence-electron chi connectivity index (χ0n) is 10.7. The molecule has 0 saturated heterocycles. The van der Waals surface area contributed by atoms with Crippen LogP contribution in [0.25, 0.3) is 0 Å². The van der Waals surface area contributed by atoms with Crippen molar-refractivity contribution in [3.05, 3.63) is 65.2 Å². The van der Waals surface area contributed by atoms with Gasteiger partial charge < -0.3 is 4.74 Å². The van der Waals surface area contributed by atoms with Gasteiger partial charge in [0.25, 0.3) is 0 Å². The van der Waals surface area contributed by atoms with Gasteiger partial charge in [0.2, 0.25) is 0 Å². The monoisotopic (exact) mass is 278 g/mol. The molecule has 20 heavy (non-hydrogen) atoms. The van der Waals surface area contributed by atoms with E-state index in [2.05, 4.69) is 0 Å². The first-order chi connectivity index (χ1) is 9.55. The first-order valence-corrected chi connectivity index (χ1v) is 6.46. The second kappa shape index (κ2) is 4.85. The van der Waals surface area contributed by atoms with Gasteiger partial charge in [-0.25, -0.2) is 0 Å². The number of fused-ring (bicyclic) bond motifs is 1. The Hall–Kier alpha value is -1.97. The van der Waals surface area contributed by atoms with E-state index >= 15 is 0 Å². The van der Waals surface area contributed by atoms with Gasteiger partial charge in [-0.2, -0.15) is 13.2 Å². The number of alkyl halides is 3. The fourth-order valence-corrected chi connectivity index (χ4v) is 2.67. The van der Waals surface area contributed by atoms with Gasteiger partial charge in [-0.1, -0.05) is 30.3 Å². The highest BCUT2D eigenvalue weighted by Gasteiger charge is 2.37. The van der Waals surface area contributed by atoms with E-state index in [1.165, 1.54) is 6.07 Å². The molecule has 0 aliphatic heterocycles. The fraction of sp³-hybridized carbons (Fsp3) is 0.250. The molecule has 4 heteroatoms. The van der Waals surface area contributed by atoms with Gasteiger partial charge in [-0.15, -0.1) is 0 Å². The predicted molar refractivity (Wildman–Crippen MR) is 69.6 cm³/mol. The second-order valence-electron chi connectivity index (χ2n) is 4.83. The zero-order valence-corrected chi connectivity index (χ0v) is 10.7. The zero-order chi connectivity index (χ0) is 14.2. The Morgan fingerprint density at radius 3 is 2.40 bits per heavy atom. The third-order valence-electron chi connectivity index (χ3n) is 3.54. The molecule has 1 nitrogen and oxygen atoms in total. The van der Waals surface area contributed by atoms with Crippen LogP contribution in [0, 0.1) is 0 Å². The van der Waals surface area contributed by atoms with Gasteiger partial charge in [0.15, 0.2) is 0 Å². The molecular weight excluding hydrogens is 265 g/mol. The van der Waals surface area contributed by atoms with Crippen molar-refractivity contribution in [2.24, 2.45) is 0 Å². The molecule has 1 unspecified atom stereocenters. The summed E-state index contributed by atoms with van der Waals surface area (Å²) in [4.78, 5) is 0. The number of para-hydroxylation sites is 1. The van der Waals surface area contributed by atoms with Crippen molar-refractivity contribution in [3.63, 3.8) is 0 Å². The summed E-state index contributed by atoms with van der Waals surface area (Å²) in [5.74, 6) is 0.683. The van der Waals surface area contributed by atoms with Crippen molar-refractivity contribution in [1.82, 2.24) is 0 Å². The van der Waals surface area contributed by atoms with E-state index in [1.54, 1.807) is 6.07 Å². The molecule has 0 amide bonds. The van der Waals surface area contributed by atoms with Crippen molar-refractivity contribution in [2.75, 3.05) is 0 Å². The largest absolute Gasteiger partial charge is 0.486 e. The molecule has 0 heterocycles. The van der Waals surface area contributed by atoms with Crippen LogP contribution in [-0.2, 0) is 12.6 Å². The van der Waals surface area contributed by atoms with Gasteiger partial charge in [0, 0.05) is 0 Å². The van der Waals surface area contributed by atoms with Crippen LogP contribution in [0.15, 0.2) is 48.5 Å². The molecule has 0 N–H and O–H groups in total. The number of hydrogen-bond donors (Lipinski definition) is 0. The lowest BCUT2D eigenvalue weighted by Crippen LogP contribution is -2.09. The molecule has 0 saturated carbocycles. The molecule has 0 radical (unpaired) electrons. The summed E-state index contributed by atoms with van der Waals surface area (Å²) in [6.07, 6.45) is -3.61. The highest BCUT2D eigenvalue weighted by molar-refractivity contribution is 5.42. The number of benzene rings is 2. The molecule has 1 aliphatic rings. The van der Waals surface area contributed by atoms with Crippen molar-refractivity contribution in [1.29, 1.82) is 0 Å². The van der Waals surface area contributed by atoms with Crippen molar-refractivity contribution in [3.8, 4) is 5.75 Å². The van der Waals surface area contributed by atoms with Crippen LogP contribution >= 0.6 is 0 Å². The van der Waals surface area contributed by atoms with Gasteiger partial charge in [-0.3, -0.25) is 0 Å². The van der Waals surface area contributed by atoms with Crippen molar-refractivity contribution < 1.29 is 17.9 Å². The summed E-state index contributed by atoms with van der Waals surface area (Å²) < 4.78 is 44.7. The van der Waals surface area contributed by atoms with E-state index in [-0.39, 0.29) is 6.10 Å². The second-order valence-corrected chi connectivity index (χ2v) is 4.83. The van der Waals surface area contributed by atoms with Crippen LogP contribution in [-0.4, -0.2) is 0 Å². The van der Waals surface area contributed by atoms with E-state index in [0.717, 1.165) is 6.07 Å². The van der Waals surface area contributed by atoms with Crippen molar-refractivity contribution >= 4 is 0 Å². The van der Waals surface area contributed by atoms with E-state index in [9.17, 15) is 13.2 Å². The SMILES string of the molecule is FC(F)(F)c1cccc2c1CCC2Oc1ccccc1. The predicted octanol–water partition coefficient (Wildman–Crippen LogP) is 4.77. The van der Waals surface area contributed by atoms with Crippen LogP contribution < -0.4 is 4.74 Å². The van der Waals surface area contributed by atoms with E-state index in [0.29, 0.717) is 29.7 Å². The third kappa shape index (κ3) is 2.38. The Labute approximate surface area is 115 Å². The molecule has 1 aliphatic carbocycles. The van der Waals surface area contributed by atoms with Crippen LogP contribution in [0.5, 0.6) is 5.75 Å². The molecule has 0 bridgehead atoms. The molecule has 0 fully saturated rings. The van der Waals surface area contributed by atoms with E-state index < -0.39 is 11.7 Å². The maximum absolute atomic E-state index is 13.0. The van der Waals surface area contributed by atoms with E-state index in [4.69, 9.17) is 4.74 Å². The molecule has 1 atom stereocenters. The Balaban J connectivity index is 1.91. The van der Waals surface area contributed by atoms with Crippen LogP contribution in [0.2, 0.25) is 0 Å². The molecule has 0 aromatic heterocycles. The lowest BCUT2D eigenvalue weighted by Gasteiger charge is -2.16. The Kier molecular flexibility index (Phi) is 3.16. The highest BCUT2D eigenvalue weighted by atomic mass is 19.4. The maximum Gasteiger partial charge on any atom is 0.416 e. The average Bonchev–Trinajstić information content (AvgIpc) is 2.82. The van der Waals surface area contributed by atoms with Gasteiger partial charge >= 0.3 is 6.18 Å². The Bertz CT molecular complexity index is 605. The quantitative estimate of drug-likeness (QED) is 0.768. The van der Waals surface area contributed by atoms with E-state index in [1.807, 2.05) is 30.3 Å². The molecule has 104 valence electrons. The summed E-state index contributed by atoms with van der Waals surface area (Å²) in [5, 5.41) is 0. The minimum absolute atomic E-state index is 0.297. The molecular formula is C16H13F3O. The maximum atomic E-state index is 13.0. The third-order valence-corrected chi connectivity index (χ3v) is 3.54. The minimum Gasteiger partial charge on any atom is -0.486 e. The molecule has 3 rings (SSSR count). The topological polar surface area (TPSA) is 9.23 Å². The Morgan fingerprint density at radius 1 is 0.950 bits per heavy atom. The molecule has 2 aromatic carbocycles. The lowest BCUT2D eigenvalue weighted by molar-refractivity contribution is -0.138. The van der Waals surface area contributed by atoms with Gasteiger partial charge in [0.05, 0.1) is 5.56 Å². The summed E-state index contributed by atoms with van der Waals surface area (Å²) in [6.45, 7) is 0.